The minimum atomic E-state index is -3.59. The maximum absolute atomic E-state index is 12.6. The van der Waals surface area contributed by atoms with Crippen molar-refractivity contribution in [2.24, 2.45) is 4.99 Å². The summed E-state index contributed by atoms with van der Waals surface area (Å²) >= 11 is 3.10. The fourth-order valence-electron chi connectivity index (χ4n) is 3.08. The van der Waals surface area contributed by atoms with Gasteiger partial charge in [0.2, 0.25) is 5.91 Å². The number of fused-ring (bicyclic) bond motifs is 1. The Morgan fingerprint density at radius 3 is 2.53 bits per heavy atom. The standard InChI is InChI=1S/C22H26N2O5S3/c1-4-29-17-7-10-19-20(15-17)31-22(24(19)12-13-30-3)23-21(25)11-14-32(26,27)18-8-5-16(28-2)6-9-18/h5-10,15H,4,11-14H2,1-3H3. The second kappa shape index (κ2) is 11.0. The van der Waals surface area contributed by atoms with Gasteiger partial charge in [0.1, 0.15) is 11.5 Å². The summed E-state index contributed by atoms with van der Waals surface area (Å²) in [5, 5.41) is 0. The van der Waals surface area contributed by atoms with Crippen LogP contribution in [0.25, 0.3) is 10.2 Å². The molecule has 0 aliphatic carbocycles. The molecule has 7 nitrogen and oxygen atoms in total. The average molecular weight is 495 g/mol. The Morgan fingerprint density at radius 2 is 1.88 bits per heavy atom. The first-order valence-corrected chi connectivity index (χ1v) is 13.9. The van der Waals surface area contributed by atoms with Crippen molar-refractivity contribution >= 4 is 49.1 Å². The number of sulfone groups is 1. The van der Waals surface area contributed by atoms with Crippen LogP contribution in [0.3, 0.4) is 0 Å². The van der Waals surface area contributed by atoms with Crippen LogP contribution in [0.5, 0.6) is 11.5 Å². The molecule has 1 aromatic heterocycles. The first-order chi connectivity index (χ1) is 15.4. The molecule has 0 saturated carbocycles. The van der Waals surface area contributed by atoms with Crippen LogP contribution in [0.1, 0.15) is 13.3 Å². The van der Waals surface area contributed by atoms with Gasteiger partial charge in [-0.25, -0.2) is 8.42 Å². The Hall–Kier alpha value is -2.30. The van der Waals surface area contributed by atoms with E-state index in [9.17, 15) is 13.2 Å². The third kappa shape index (κ3) is 5.93. The van der Waals surface area contributed by atoms with Crippen molar-refractivity contribution in [2.45, 2.75) is 24.8 Å². The van der Waals surface area contributed by atoms with Gasteiger partial charge in [-0.2, -0.15) is 16.8 Å². The first-order valence-electron chi connectivity index (χ1n) is 10.1. The summed E-state index contributed by atoms with van der Waals surface area (Å²) in [7, 11) is -2.08. The lowest BCUT2D eigenvalue weighted by Crippen LogP contribution is -2.19. The summed E-state index contributed by atoms with van der Waals surface area (Å²) in [4.78, 5) is 17.6. The lowest BCUT2D eigenvalue weighted by molar-refractivity contribution is -0.117. The molecule has 3 aromatic rings. The van der Waals surface area contributed by atoms with Gasteiger partial charge in [-0.15, -0.1) is 0 Å². The Bertz CT molecular complexity index is 1240. The van der Waals surface area contributed by atoms with Gasteiger partial charge in [0.15, 0.2) is 14.6 Å². The molecule has 0 radical (unpaired) electrons. The van der Waals surface area contributed by atoms with Crippen molar-refractivity contribution in [1.82, 2.24) is 4.57 Å². The second-order valence-electron chi connectivity index (χ2n) is 6.84. The number of carbonyl (C=O) groups excluding carboxylic acids is 1. The maximum atomic E-state index is 12.6. The first kappa shape index (κ1) is 24.3. The minimum absolute atomic E-state index is 0.159. The third-order valence-electron chi connectivity index (χ3n) is 4.71. The molecule has 0 unspecified atom stereocenters. The van der Waals surface area contributed by atoms with E-state index in [1.54, 1.807) is 23.9 Å². The van der Waals surface area contributed by atoms with Gasteiger partial charge < -0.3 is 14.0 Å². The van der Waals surface area contributed by atoms with Crippen LogP contribution in [0, 0.1) is 0 Å². The number of benzene rings is 2. The molecular weight excluding hydrogens is 468 g/mol. The quantitative estimate of drug-likeness (QED) is 0.427. The van der Waals surface area contributed by atoms with Crippen LogP contribution in [-0.2, 0) is 21.2 Å². The molecule has 1 heterocycles. The van der Waals surface area contributed by atoms with E-state index < -0.39 is 15.7 Å². The maximum Gasteiger partial charge on any atom is 0.249 e. The van der Waals surface area contributed by atoms with E-state index in [1.165, 1.54) is 30.6 Å². The molecule has 1 amide bonds. The Labute approximate surface area is 196 Å². The molecule has 0 fully saturated rings. The van der Waals surface area contributed by atoms with Gasteiger partial charge in [0.25, 0.3) is 0 Å². The van der Waals surface area contributed by atoms with E-state index in [2.05, 4.69) is 4.99 Å². The number of ether oxygens (including phenoxy) is 2. The molecule has 0 atom stereocenters. The number of aromatic nitrogens is 1. The monoisotopic (exact) mass is 494 g/mol. The van der Waals surface area contributed by atoms with Crippen LogP contribution >= 0.6 is 23.1 Å². The predicted molar refractivity (Wildman–Crippen MR) is 130 cm³/mol. The van der Waals surface area contributed by atoms with Crippen LogP contribution in [0.2, 0.25) is 0 Å². The predicted octanol–water partition coefficient (Wildman–Crippen LogP) is 3.76. The molecular formula is C22H26N2O5S3. The lowest BCUT2D eigenvalue weighted by atomic mass is 10.3. The number of rotatable bonds is 10. The zero-order valence-electron chi connectivity index (χ0n) is 18.2. The molecule has 2 aromatic carbocycles. The molecule has 172 valence electrons. The van der Waals surface area contributed by atoms with Crippen molar-refractivity contribution in [3.8, 4) is 11.5 Å². The number of hydrogen-bond donors (Lipinski definition) is 0. The Morgan fingerprint density at radius 1 is 1.16 bits per heavy atom. The van der Waals surface area contributed by atoms with Gasteiger partial charge >= 0.3 is 0 Å². The van der Waals surface area contributed by atoms with E-state index in [-0.39, 0.29) is 17.1 Å². The molecule has 3 rings (SSSR count). The van der Waals surface area contributed by atoms with Crippen molar-refractivity contribution in [2.75, 3.05) is 31.5 Å². The van der Waals surface area contributed by atoms with Gasteiger partial charge in [-0.1, -0.05) is 11.3 Å². The molecule has 0 saturated heterocycles. The fourth-order valence-corrected chi connectivity index (χ4v) is 5.78. The number of amides is 1. The zero-order valence-corrected chi connectivity index (χ0v) is 20.7. The molecule has 0 spiro atoms. The van der Waals surface area contributed by atoms with Gasteiger partial charge in [-0.05, 0) is 55.6 Å². The van der Waals surface area contributed by atoms with Crippen LogP contribution in [0.15, 0.2) is 52.4 Å². The van der Waals surface area contributed by atoms with Crippen LogP contribution in [-0.4, -0.2) is 50.4 Å². The SMILES string of the molecule is CCOc1ccc2c(c1)sc(=NC(=O)CCS(=O)(=O)c1ccc(OC)cc1)n2CCSC. The third-order valence-corrected chi connectivity index (χ3v) is 8.07. The van der Waals surface area contributed by atoms with Crippen LogP contribution < -0.4 is 14.3 Å². The summed E-state index contributed by atoms with van der Waals surface area (Å²) in [6.07, 6.45) is 1.84. The summed E-state index contributed by atoms with van der Waals surface area (Å²) in [5.41, 5.74) is 0.977. The molecule has 0 N–H and O–H groups in total. The van der Waals surface area contributed by atoms with E-state index in [0.29, 0.717) is 23.7 Å². The van der Waals surface area contributed by atoms with Crippen molar-refractivity contribution < 1.29 is 22.7 Å². The fraction of sp³-hybridized carbons (Fsp3) is 0.364. The summed E-state index contributed by atoms with van der Waals surface area (Å²) in [5.74, 6) is 1.44. The smallest absolute Gasteiger partial charge is 0.249 e. The topological polar surface area (TPSA) is 87.0 Å². The molecule has 32 heavy (non-hydrogen) atoms. The number of carbonyl (C=O) groups is 1. The minimum Gasteiger partial charge on any atom is -0.497 e. The average Bonchev–Trinajstić information content (AvgIpc) is 3.12. The van der Waals surface area contributed by atoms with Crippen molar-refractivity contribution in [1.29, 1.82) is 0 Å². The highest BCUT2D eigenvalue weighted by atomic mass is 32.2. The van der Waals surface area contributed by atoms with E-state index in [4.69, 9.17) is 9.47 Å². The molecule has 0 aliphatic heterocycles. The van der Waals surface area contributed by atoms with Gasteiger partial charge in [0, 0.05) is 18.7 Å². The zero-order chi connectivity index (χ0) is 23.1. The number of hydrogen-bond acceptors (Lipinski definition) is 7. The lowest BCUT2D eigenvalue weighted by Gasteiger charge is -2.06. The number of methoxy groups -OCH3 is 1. The molecule has 0 bridgehead atoms. The number of aryl methyl sites for hydroxylation is 1. The Balaban J connectivity index is 1.83. The van der Waals surface area contributed by atoms with E-state index in [0.717, 1.165) is 21.7 Å². The van der Waals surface area contributed by atoms with Gasteiger partial charge in [0.05, 0.1) is 34.6 Å². The number of thioether (sulfide) groups is 1. The number of nitrogens with zero attached hydrogens (tertiary/aromatic N) is 2. The summed E-state index contributed by atoms with van der Waals surface area (Å²) in [6, 6.07) is 11.9. The van der Waals surface area contributed by atoms with Gasteiger partial charge in [-0.3, -0.25) is 4.79 Å². The summed E-state index contributed by atoms with van der Waals surface area (Å²) < 4.78 is 38.8. The van der Waals surface area contributed by atoms with Crippen molar-refractivity contribution in [3.05, 3.63) is 47.3 Å². The summed E-state index contributed by atoms with van der Waals surface area (Å²) in [6.45, 7) is 3.20. The molecule has 10 heteroatoms. The van der Waals surface area contributed by atoms with E-state index in [1.807, 2.05) is 35.9 Å². The van der Waals surface area contributed by atoms with E-state index >= 15 is 0 Å². The highest BCUT2D eigenvalue weighted by molar-refractivity contribution is 7.98. The second-order valence-corrected chi connectivity index (χ2v) is 10.9. The normalized spacial score (nSPS) is 12.3. The van der Waals surface area contributed by atoms with Crippen molar-refractivity contribution in [3.63, 3.8) is 0 Å². The highest BCUT2D eigenvalue weighted by Crippen LogP contribution is 2.24. The van der Waals surface area contributed by atoms with Crippen LogP contribution in [0.4, 0.5) is 0 Å². The Kier molecular flexibility index (Phi) is 8.38. The number of thiazole rings is 1. The highest BCUT2D eigenvalue weighted by Gasteiger charge is 2.17. The molecule has 0 aliphatic rings. The largest absolute Gasteiger partial charge is 0.497 e.